The van der Waals surface area contributed by atoms with E-state index < -0.39 is 17.8 Å². The molecule has 0 bridgehead atoms. The normalized spacial score (nSPS) is 17.5. The third-order valence-electron chi connectivity index (χ3n) is 5.57. The standard InChI is InChI=1S/C24H27F3N4O3/c1-4-18-12-32-5-6-33-21-11-20-19(10-22(21)34-18)23(31-14(3)30-20)29-13(2)15-7-16(24(25,26)27)9-17(28)8-15/h7-11,13,18H,4-6,12,28H2,1-3H3,(H,29,30,31)/t13-,18-/m1/s1. The second-order valence-corrected chi connectivity index (χ2v) is 8.26. The average Bonchev–Trinajstić information content (AvgIpc) is 2.86. The van der Waals surface area contributed by atoms with Crippen LogP contribution in [0.15, 0.2) is 30.3 Å². The van der Waals surface area contributed by atoms with E-state index in [1.165, 1.54) is 6.07 Å². The van der Waals surface area contributed by atoms with Crippen molar-refractivity contribution in [2.75, 3.05) is 30.9 Å². The van der Waals surface area contributed by atoms with Crippen LogP contribution in [0.4, 0.5) is 24.7 Å². The number of ether oxygens (including phenoxy) is 3. The van der Waals surface area contributed by atoms with Gasteiger partial charge in [-0.15, -0.1) is 0 Å². The Morgan fingerprint density at radius 3 is 2.65 bits per heavy atom. The van der Waals surface area contributed by atoms with Crippen LogP contribution in [0.25, 0.3) is 10.9 Å². The van der Waals surface area contributed by atoms with Crippen LogP contribution in [0.1, 0.15) is 43.3 Å². The van der Waals surface area contributed by atoms with Crippen molar-refractivity contribution in [2.45, 2.75) is 45.5 Å². The van der Waals surface area contributed by atoms with Crippen LogP contribution in [0.5, 0.6) is 11.5 Å². The number of hydrogen-bond acceptors (Lipinski definition) is 7. The van der Waals surface area contributed by atoms with Crippen molar-refractivity contribution >= 4 is 22.4 Å². The minimum atomic E-state index is -4.49. The van der Waals surface area contributed by atoms with Crippen LogP contribution in [-0.4, -0.2) is 35.9 Å². The summed E-state index contributed by atoms with van der Waals surface area (Å²) in [6.07, 6.45) is -3.89. The molecular formula is C24H27F3N4O3. The summed E-state index contributed by atoms with van der Waals surface area (Å²) in [5, 5.41) is 3.89. The number of aromatic nitrogens is 2. The number of nitrogens with one attached hydrogen (secondary N) is 1. The molecule has 1 aliphatic rings. The lowest BCUT2D eigenvalue weighted by atomic mass is 10.0. The molecule has 34 heavy (non-hydrogen) atoms. The summed E-state index contributed by atoms with van der Waals surface area (Å²) in [5.41, 5.74) is 6.01. The van der Waals surface area contributed by atoms with Gasteiger partial charge in [0, 0.05) is 17.1 Å². The number of nitrogens with two attached hydrogens (primary N) is 1. The Morgan fingerprint density at radius 1 is 1.12 bits per heavy atom. The van der Waals surface area contributed by atoms with E-state index in [1.807, 2.05) is 6.92 Å². The number of alkyl halides is 3. The lowest BCUT2D eigenvalue weighted by Crippen LogP contribution is -2.22. The largest absolute Gasteiger partial charge is 0.487 e. The Bertz CT molecular complexity index is 1190. The molecule has 0 unspecified atom stereocenters. The Kier molecular flexibility index (Phi) is 6.70. The number of rotatable bonds is 4. The molecule has 0 saturated carbocycles. The van der Waals surface area contributed by atoms with E-state index in [4.69, 9.17) is 19.9 Å². The van der Waals surface area contributed by atoms with Gasteiger partial charge >= 0.3 is 6.18 Å². The van der Waals surface area contributed by atoms with Gasteiger partial charge < -0.3 is 25.3 Å². The maximum Gasteiger partial charge on any atom is 0.416 e. The summed E-state index contributed by atoms with van der Waals surface area (Å²) >= 11 is 0. The molecule has 1 aliphatic heterocycles. The maximum atomic E-state index is 13.3. The van der Waals surface area contributed by atoms with Gasteiger partial charge in [-0.25, -0.2) is 9.97 Å². The molecule has 0 fully saturated rings. The molecule has 2 aromatic carbocycles. The first-order chi connectivity index (χ1) is 16.1. The van der Waals surface area contributed by atoms with Crippen LogP contribution in [-0.2, 0) is 10.9 Å². The van der Waals surface area contributed by atoms with Crippen LogP contribution < -0.4 is 20.5 Å². The highest BCUT2D eigenvalue weighted by atomic mass is 19.4. The van der Waals surface area contributed by atoms with Gasteiger partial charge in [-0.2, -0.15) is 13.2 Å². The summed E-state index contributed by atoms with van der Waals surface area (Å²) in [6.45, 7) is 6.78. The lowest BCUT2D eigenvalue weighted by molar-refractivity contribution is -0.137. The number of halogens is 3. The van der Waals surface area contributed by atoms with Gasteiger partial charge in [0.25, 0.3) is 0 Å². The van der Waals surface area contributed by atoms with E-state index in [2.05, 4.69) is 15.3 Å². The van der Waals surface area contributed by atoms with Crippen molar-refractivity contribution < 1.29 is 27.4 Å². The van der Waals surface area contributed by atoms with Gasteiger partial charge in [0.15, 0.2) is 11.5 Å². The molecule has 10 heteroatoms. The molecular weight excluding hydrogens is 449 g/mol. The van der Waals surface area contributed by atoms with Gasteiger partial charge in [0.05, 0.1) is 30.3 Å². The zero-order valence-corrected chi connectivity index (χ0v) is 19.2. The molecule has 4 rings (SSSR count). The number of anilines is 2. The van der Waals surface area contributed by atoms with E-state index in [1.54, 1.807) is 26.0 Å². The van der Waals surface area contributed by atoms with Gasteiger partial charge in [-0.1, -0.05) is 6.92 Å². The van der Waals surface area contributed by atoms with Crippen molar-refractivity contribution in [2.24, 2.45) is 0 Å². The molecule has 7 nitrogen and oxygen atoms in total. The third kappa shape index (κ3) is 5.27. The molecule has 182 valence electrons. The van der Waals surface area contributed by atoms with Crippen molar-refractivity contribution in [3.63, 3.8) is 0 Å². The van der Waals surface area contributed by atoms with E-state index in [9.17, 15) is 13.2 Å². The number of aryl methyl sites for hydroxylation is 1. The topological polar surface area (TPSA) is 91.5 Å². The quantitative estimate of drug-likeness (QED) is 0.495. The number of nitrogen functional groups attached to an aromatic ring is 1. The minimum Gasteiger partial charge on any atom is -0.487 e. The molecule has 0 amide bonds. The summed E-state index contributed by atoms with van der Waals surface area (Å²) in [5.74, 6) is 2.07. The third-order valence-corrected chi connectivity index (χ3v) is 5.57. The smallest absolute Gasteiger partial charge is 0.416 e. The first-order valence-corrected chi connectivity index (χ1v) is 11.1. The zero-order valence-electron chi connectivity index (χ0n) is 19.2. The minimum absolute atomic E-state index is 0.0398. The van der Waals surface area contributed by atoms with Crippen LogP contribution in [0.2, 0.25) is 0 Å². The number of nitrogens with zero attached hydrogens (tertiary/aromatic N) is 2. The van der Waals surface area contributed by atoms with Crippen molar-refractivity contribution in [3.05, 3.63) is 47.3 Å². The van der Waals surface area contributed by atoms with Gasteiger partial charge in [-0.05, 0) is 50.1 Å². The summed E-state index contributed by atoms with van der Waals surface area (Å²) in [6, 6.07) is 6.60. The predicted molar refractivity (Wildman–Crippen MR) is 123 cm³/mol. The second kappa shape index (κ2) is 9.54. The Balaban J connectivity index is 1.73. The molecule has 3 aromatic rings. The summed E-state index contributed by atoms with van der Waals surface area (Å²) in [4.78, 5) is 9.03. The van der Waals surface area contributed by atoms with Crippen LogP contribution in [0.3, 0.4) is 0 Å². The molecule has 2 atom stereocenters. The van der Waals surface area contributed by atoms with E-state index in [0.717, 1.165) is 18.6 Å². The predicted octanol–water partition coefficient (Wildman–Crippen LogP) is 5.28. The fourth-order valence-electron chi connectivity index (χ4n) is 3.79. The van der Waals surface area contributed by atoms with Gasteiger partial charge in [0.2, 0.25) is 0 Å². The monoisotopic (exact) mass is 476 g/mol. The number of fused-ring (bicyclic) bond motifs is 2. The van der Waals surface area contributed by atoms with Crippen LogP contribution >= 0.6 is 0 Å². The highest BCUT2D eigenvalue weighted by molar-refractivity contribution is 5.92. The highest BCUT2D eigenvalue weighted by Gasteiger charge is 2.31. The zero-order chi connectivity index (χ0) is 24.5. The summed E-state index contributed by atoms with van der Waals surface area (Å²) < 4.78 is 57.4. The van der Waals surface area contributed by atoms with Crippen molar-refractivity contribution in [1.82, 2.24) is 9.97 Å². The van der Waals surface area contributed by atoms with E-state index >= 15 is 0 Å². The summed E-state index contributed by atoms with van der Waals surface area (Å²) in [7, 11) is 0. The SMILES string of the molecule is CC[C@@H]1COCCOc2cc3nc(C)nc(N[C@H](C)c4cc(N)cc(C(F)(F)F)c4)c3cc2O1. The Morgan fingerprint density at radius 2 is 1.91 bits per heavy atom. The molecule has 0 aliphatic carbocycles. The average molecular weight is 476 g/mol. The van der Waals surface area contributed by atoms with Crippen molar-refractivity contribution in [1.29, 1.82) is 0 Å². The first-order valence-electron chi connectivity index (χ1n) is 11.1. The van der Waals surface area contributed by atoms with Gasteiger partial charge in [0.1, 0.15) is 24.4 Å². The fourth-order valence-corrected chi connectivity index (χ4v) is 3.79. The number of benzene rings is 2. The molecule has 0 spiro atoms. The highest BCUT2D eigenvalue weighted by Crippen LogP contribution is 2.37. The molecule has 0 radical (unpaired) electrons. The van der Waals surface area contributed by atoms with E-state index in [-0.39, 0.29) is 11.8 Å². The van der Waals surface area contributed by atoms with Crippen molar-refractivity contribution in [3.8, 4) is 11.5 Å². The first kappa shape index (κ1) is 23.9. The maximum absolute atomic E-state index is 13.3. The molecule has 3 N–H and O–H groups in total. The molecule has 1 aromatic heterocycles. The Labute approximate surface area is 195 Å². The van der Waals surface area contributed by atoms with Gasteiger partial charge in [-0.3, -0.25) is 0 Å². The van der Waals surface area contributed by atoms with Crippen LogP contribution in [0, 0.1) is 6.92 Å². The molecule has 2 heterocycles. The molecule has 0 saturated heterocycles. The second-order valence-electron chi connectivity index (χ2n) is 8.26. The Hall–Kier alpha value is -3.27. The number of hydrogen-bond donors (Lipinski definition) is 2. The fraction of sp³-hybridized carbons (Fsp3) is 0.417. The lowest BCUT2D eigenvalue weighted by Gasteiger charge is -2.21. The van der Waals surface area contributed by atoms with E-state index in [0.29, 0.717) is 59.4 Å².